The molecule has 1 aromatic rings. The van der Waals surface area contributed by atoms with Crippen LogP contribution in [0.1, 0.15) is 34.9 Å². The highest BCUT2D eigenvalue weighted by molar-refractivity contribution is 5.91. The molecule has 15 heavy (non-hydrogen) atoms. The van der Waals surface area contributed by atoms with Crippen LogP contribution in [-0.2, 0) is 0 Å². The molecule has 1 amide bonds. The maximum absolute atomic E-state index is 11.2. The second-order valence-electron chi connectivity index (χ2n) is 3.70. The van der Waals surface area contributed by atoms with Crippen LogP contribution in [-0.4, -0.2) is 29.0 Å². The van der Waals surface area contributed by atoms with E-state index in [2.05, 4.69) is 15.3 Å². The van der Waals surface area contributed by atoms with Crippen molar-refractivity contribution in [2.75, 3.05) is 13.1 Å². The van der Waals surface area contributed by atoms with Crippen LogP contribution in [0.5, 0.6) is 0 Å². The molecule has 0 unspecified atom stereocenters. The second kappa shape index (κ2) is 4.35. The number of nitrogens with two attached hydrogens (primary N) is 1. The maximum Gasteiger partial charge on any atom is 0.269 e. The summed E-state index contributed by atoms with van der Waals surface area (Å²) in [6, 6.07) is 0. The van der Waals surface area contributed by atoms with Gasteiger partial charge in [-0.05, 0) is 19.4 Å². The molecule has 0 bridgehead atoms. The summed E-state index contributed by atoms with van der Waals surface area (Å²) < 4.78 is 0. The molecule has 0 aromatic carbocycles. The lowest BCUT2D eigenvalue weighted by molar-refractivity contribution is 0.0993. The van der Waals surface area contributed by atoms with Crippen LogP contribution in [0.2, 0.25) is 0 Å². The molecule has 1 aliphatic rings. The number of nitrogens with zero attached hydrogens (tertiary/aromatic N) is 2. The third-order valence-corrected chi connectivity index (χ3v) is 2.64. The number of amides is 1. The first kappa shape index (κ1) is 10.0. The average Bonchev–Trinajstić information content (AvgIpc) is 2.30. The quantitative estimate of drug-likeness (QED) is 0.716. The Morgan fingerprint density at radius 2 is 2.27 bits per heavy atom. The van der Waals surface area contributed by atoms with Gasteiger partial charge in [-0.15, -0.1) is 0 Å². The summed E-state index contributed by atoms with van der Waals surface area (Å²) in [5.41, 5.74) is 6.30. The Hall–Kier alpha value is -1.49. The molecule has 2 heterocycles. The summed E-state index contributed by atoms with van der Waals surface area (Å²) in [5.74, 6) is -0.237. The molecule has 3 N–H and O–H groups in total. The van der Waals surface area contributed by atoms with Gasteiger partial charge in [0.1, 0.15) is 5.69 Å². The first-order valence-corrected chi connectivity index (χ1v) is 5.10. The second-order valence-corrected chi connectivity index (χ2v) is 3.70. The summed E-state index contributed by atoms with van der Waals surface area (Å²) in [7, 11) is 0. The highest BCUT2D eigenvalue weighted by Crippen LogP contribution is 2.22. The normalized spacial score (nSPS) is 21.2. The van der Waals surface area contributed by atoms with Crippen LogP contribution in [0.25, 0.3) is 0 Å². The van der Waals surface area contributed by atoms with Crippen LogP contribution in [0, 0.1) is 0 Å². The minimum atomic E-state index is -0.497. The SMILES string of the molecule is NC(=O)c1nccnc1[C@H]1CCCNC1. The summed E-state index contributed by atoms with van der Waals surface area (Å²) in [6.07, 6.45) is 5.24. The van der Waals surface area contributed by atoms with Gasteiger partial charge in [-0.3, -0.25) is 9.78 Å². The Bertz CT molecular complexity index is 360. The van der Waals surface area contributed by atoms with E-state index in [1.165, 1.54) is 6.20 Å². The minimum Gasteiger partial charge on any atom is -0.364 e. The number of hydrogen-bond donors (Lipinski definition) is 2. The van der Waals surface area contributed by atoms with Crippen molar-refractivity contribution in [2.45, 2.75) is 18.8 Å². The zero-order valence-electron chi connectivity index (χ0n) is 8.44. The standard InChI is InChI=1S/C10H14N4O/c11-10(15)9-8(13-4-5-14-9)7-2-1-3-12-6-7/h4-5,7,12H,1-3,6H2,(H2,11,15)/t7-/m0/s1. The summed E-state index contributed by atoms with van der Waals surface area (Å²) in [6.45, 7) is 1.88. The van der Waals surface area contributed by atoms with Crippen LogP contribution in [0.4, 0.5) is 0 Å². The molecule has 1 saturated heterocycles. The lowest BCUT2D eigenvalue weighted by atomic mass is 9.94. The molecule has 0 radical (unpaired) electrons. The highest BCUT2D eigenvalue weighted by atomic mass is 16.1. The number of primary amides is 1. The zero-order chi connectivity index (χ0) is 10.7. The number of piperidine rings is 1. The molecule has 5 nitrogen and oxygen atoms in total. The third-order valence-electron chi connectivity index (χ3n) is 2.64. The largest absolute Gasteiger partial charge is 0.364 e. The van der Waals surface area contributed by atoms with Gasteiger partial charge in [0.15, 0.2) is 0 Å². The summed E-state index contributed by atoms with van der Waals surface area (Å²) in [5, 5.41) is 3.28. The van der Waals surface area contributed by atoms with E-state index in [4.69, 9.17) is 5.73 Å². The lowest BCUT2D eigenvalue weighted by Crippen LogP contribution is -2.30. The van der Waals surface area contributed by atoms with Crippen LogP contribution in [0.15, 0.2) is 12.4 Å². The third kappa shape index (κ3) is 2.12. The van der Waals surface area contributed by atoms with E-state index >= 15 is 0 Å². The predicted molar refractivity (Wildman–Crippen MR) is 55.4 cm³/mol. The molecule has 1 atom stereocenters. The predicted octanol–water partition coefficient (Wildman–Crippen LogP) is 0.0425. The fourth-order valence-corrected chi connectivity index (χ4v) is 1.92. The van der Waals surface area contributed by atoms with Gasteiger partial charge in [-0.1, -0.05) is 0 Å². The molecule has 0 spiro atoms. The van der Waals surface area contributed by atoms with Gasteiger partial charge < -0.3 is 11.1 Å². The zero-order valence-corrected chi connectivity index (χ0v) is 8.44. The Morgan fingerprint density at radius 3 is 2.93 bits per heavy atom. The molecular formula is C10H14N4O. The van der Waals surface area contributed by atoms with Crippen molar-refractivity contribution >= 4 is 5.91 Å². The first-order valence-electron chi connectivity index (χ1n) is 5.10. The van der Waals surface area contributed by atoms with Gasteiger partial charge in [0.25, 0.3) is 5.91 Å². The number of nitrogens with one attached hydrogen (secondary N) is 1. The number of hydrogen-bond acceptors (Lipinski definition) is 4. The van der Waals surface area contributed by atoms with E-state index in [-0.39, 0.29) is 5.92 Å². The molecule has 5 heteroatoms. The lowest BCUT2D eigenvalue weighted by Gasteiger charge is -2.22. The Labute approximate surface area is 88.1 Å². The molecule has 80 valence electrons. The fourth-order valence-electron chi connectivity index (χ4n) is 1.92. The molecule has 1 aliphatic heterocycles. The fraction of sp³-hybridized carbons (Fsp3) is 0.500. The number of aromatic nitrogens is 2. The Balaban J connectivity index is 2.29. The van der Waals surface area contributed by atoms with Crippen molar-refractivity contribution in [1.29, 1.82) is 0 Å². The van der Waals surface area contributed by atoms with Crippen LogP contribution >= 0.6 is 0 Å². The molecule has 0 aliphatic carbocycles. The van der Waals surface area contributed by atoms with E-state index in [9.17, 15) is 4.79 Å². The number of carbonyl (C=O) groups excluding carboxylic acids is 1. The molecule has 0 saturated carbocycles. The Morgan fingerprint density at radius 1 is 1.47 bits per heavy atom. The van der Waals surface area contributed by atoms with Gasteiger partial charge in [0.05, 0.1) is 5.69 Å². The number of carbonyl (C=O) groups is 1. The maximum atomic E-state index is 11.2. The van der Waals surface area contributed by atoms with E-state index in [1.54, 1.807) is 6.20 Å². The highest BCUT2D eigenvalue weighted by Gasteiger charge is 2.22. The van der Waals surface area contributed by atoms with Crippen LogP contribution in [0.3, 0.4) is 0 Å². The van der Waals surface area contributed by atoms with Crippen molar-refractivity contribution in [3.05, 3.63) is 23.8 Å². The minimum absolute atomic E-state index is 0.259. The van der Waals surface area contributed by atoms with Crippen molar-refractivity contribution < 1.29 is 4.79 Å². The molecule has 2 rings (SSSR count). The van der Waals surface area contributed by atoms with Gasteiger partial charge in [0.2, 0.25) is 0 Å². The van der Waals surface area contributed by atoms with E-state index in [1.807, 2.05) is 0 Å². The van der Waals surface area contributed by atoms with Gasteiger partial charge >= 0.3 is 0 Å². The van der Waals surface area contributed by atoms with Gasteiger partial charge in [-0.25, -0.2) is 4.98 Å². The first-order chi connectivity index (χ1) is 7.29. The average molecular weight is 206 g/mol. The van der Waals surface area contributed by atoms with E-state index in [0.29, 0.717) is 5.69 Å². The Kier molecular flexibility index (Phi) is 2.91. The monoisotopic (exact) mass is 206 g/mol. The smallest absolute Gasteiger partial charge is 0.269 e. The van der Waals surface area contributed by atoms with Crippen LogP contribution < -0.4 is 11.1 Å². The van der Waals surface area contributed by atoms with Gasteiger partial charge in [0, 0.05) is 24.9 Å². The van der Waals surface area contributed by atoms with Crippen molar-refractivity contribution in [2.24, 2.45) is 5.73 Å². The molecule has 1 fully saturated rings. The van der Waals surface area contributed by atoms with E-state index in [0.717, 1.165) is 31.6 Å². The molecular weight excluding hydrogens is 192 g/mol. The topological polar surface area (TPSA) is 80.9 Å². The molecule has 1 aromatic heterocycles. The van der Waals surface area contributed by atoms with Crippen molar-refractivity contribution in [1.82, 2.24) is 15.3 Å². The van der Waals surface area contributed by atoms with Crippen molar-refractivity contribution in [3.63, 3.8) is 0 Å². The summed E-state index contributed by atoms with van der Waals surface area (Å²) in [4.78, 5) is 19.4. The van der Waals surface area contributed by atoms with E-state index < -0.39 is 5.91 Å². The number of rotatable bonds is 2. The van der Waals surface area contributed by atoms with Gasteiger partial charge in [-0.2, -0.15) is 0 Å². The summed E-state index contributed by atoms with van der Waals surface area (Å²) >= 11 is 0. The van der Waals surface area contributed by atoms with Crippen molar-refractivity contribution in [3.8, 4) is 0 Å².